The van der Waals surface area contributed by atoms with Gasteiger partial charge in [0.15, 0.2) is 5.75 Å². The molecule has 0 saturated carbocycles. The van der Waals surface area contributed by atoms with E-state index in [1.165, 1.54) is 0 Å². The van der Waals surface area contributed by atoms with E-state index in [2.05, 4.69) is 28.2 Å². The van der Waals surface area contributed by atoms with Crippen molar-refractivity contribution in [3.8, 4) is 5.75 Å². The number of anilines is 1. The number of ether oxygens (including phenoxy) is 1. The number of hydrogen-bond acceptors (Lipinski definition) is 2. The Bertz CT molecular complexity index is 301. The van der Waals surface area contributed by atoms with E-state index in [9.17, 15) is 0 Å². The van der Waals surface area contributed by atoms with E-state index in [1.807, 2.05) is 18.2 Å². The Kier molecular flexibility index (Phi) is 1.97. The van der Waals surface area contributed by atoms with E-state index in [4.69, 9.17) is 4.74 Å². The molecule has 2 rings (SSSR count). The number of rotatable bonds is 0. The van der Waals surface area contributed by atoms with Crippen LogP contribution in [0.1, 0.15) is 6.92 Å². The lowest BCUT2D eigenvalue weighted by Gasteiger charge is -2.25. The number of para-hydroxylation sites is 1. The summed E-state index contributed by atoms with van der Waals surface area (Å²) in [5.41, 5.74) is 1.07. The summed E-state index contributed by atoms with van der Waals surface area (Å²) >= 11 is 3.44. The maximum Gasteiger partial charge on any atom is 0.156 e. The van der Waals surface area contributed by atoms with E-state index < -0.39 is 0 Å². The van der Waals surface area contributed by atoms with Crippen LogP contribution in [-0.4, -0.2) is 12.6 Å². The smallest absolute Gasteiger partial charge is 0.156 e. The van der Waals surface area contributed by atoms with E-state index in [0.717, 1.165) is 22.5 Å². The lowest BCUT2D eigenvalue weighted by atomic mass is 10.2. The zero-order chi connectivity index (χ0) is 8.55. The number of hydrogen-bond donors (Lipinski definition) is 1. The predicted molar refractivity (Wildman–Crippen MR) is 52.7 cm³/mol. The lowest BCUT2D eigenvalue weighted by Crippen LogP contribution is -2.28. The molecule has 0 saturated heterocycles. The number of benzene rings is 1. The first-order chi connectivity index (χ1) is 5.77. The highest BCUT2D eigenvalue weighted by atomic mass is 79.9. The maximum atomic E-state index is 5.56. The summed E-state index contributed by atoms with van der Waals surface area (Å²) in [6, 6.07) is 6.40. The van der Waals surface area contributed by atoms with Crippen LogP contribution in [0.4, 0.5) is 5.69 Å². The zero-order valence-electron chi connectivity index (χ0n) is 6.80. The molecular weight excluding hydrogens is 218 g/mol. The maximum absolute atomic E-state index is 5.56. The van der Waals surface area contributed by atoms with E-state index >= 15 is 0 Å². The Morgan fingerprint density at radius 2 is 2.42 bits per heavy atom. The SMILES string of the molecule is CC1COc2c(Br)cccc2N1. The molecule has 1 N–H and O–H groups in total. The fourth-order valence-corrected chi connectivity index (χ4v) is 1.77. The van der Waals surface area contributed by atoms with Crippen molar-refractivity contribution >= 4 is 21.6 Å². The van der Waals surface area contributed by atoms with Crippen molar-refractivity contribution in [2.45, 2.75) is 13.0 Å². The summed E-state index contributed by atoms with van der Waals surface area (Å²) in [4.78, 5) is 0. The molecule has 0 radical (unpaired) electrons. The van der Waals surface area contributed by atoms with Crippen molar-refractivity contribution in [2.24, 2.45) is 0 Å². The zero-order valence-corrected chi connectivity index (χ0v) is 8.39. The summed E-state index contributed by atoms with van der Waals surface area (Å²) in [7, 11) is 0. The number of fused-ring (bicyclic) bond motifs is 1. The van der Waals surface area contributed by atoms with Gasteiger partial charge in [0.1, 0.15) is 6.61 Å². The molecule has 1 aliphatic rings. The van der Waals surface area contributed by atoms with Gasteiger partial charge < -0.3 is 10.1 Å². The Morgan fingerprint density at radius 3 is 3.25 bits per heavy atom. The fraction of sp³-hybridized carbons (Fsp3) is 0.333. The molecule has 1 aromatic rings. The van der Waals surface area contributed by atoms with Gasteiger partial charge in [-0.1, -0.05) is 6.07 Å². The summed E-state index contributed by atoms with van der Waals surface area (Å²) in [5, 5.41) is 3.35. The van der Waals surface area contributed by atoms with Crippen LogP contribution in [0.15, 0.2) is 22.7 Å². The predicted octanol–water partition coefficient (Wildman–Crippen LogP) is 2.64. The van der Waals surface area contributed by atoms with Crippen LogP contribution in [0.5, 0.6) is 5.75 Å². The Hall–Kier alpha value is -0.700. The van der Waals surface area contributed by atoms with Crippen LogP contribution >= 0.6 is 15.9 Å². The molecule has 12 heavy (non-hydrogen) atoms. The first-order valence-electron chi connectivity index (χ1n) is 3.95. The molecule has 1 heterocycles. The van der Waals surface area contributed by atoms with Gasteiger partial charge in [-0.25, -0.2) is 0 Å². The highest BCUT2D eigenvalue weighted by Crippen LogP contribution is 2.35. The van der Waals surface area contributed by atoms with Gasteiger partial charge in [-0.05, 0) is 35.0 Å². The van der Waals surface area contributed by atoms with Gasteiger partial charge in [0.2, 0.25) is 0 Å². The minimum Gasteiger partial charge on any atom is -0.488 e. The molecule has 1 atom stereocenters. The molecular formula is C9H10BrNO. The van der Waals surface area contributed by atoms with E-state index in [1.54, 1.807) is 0 Å². The summed E-state index contributed by atoms with van der Waals surface area (Å²) in [6.07, 6.45) is 0. The minimum absolute atomic E-state index is 0.395. The van der Waals surface area contributed by atoms with Crippen LogP contribution in [0.25, 0.3) is 0 Å². The van der Waals surface area contributed by atoms with Crippen LogP contribution in [0.2, 0.25) is 0 Å². The molecule has 0 bridgehead atoms. The van der Waals surface area contributed by atoms with Crippen molar-refractivity contribution in [3.05, 3.63) is 22.7 Å². The monoisotopic (exact) mass is 227 g/mol. The van der Waals surface area contributed by atoms with Crippen molar-refractivity contribution in [2.75, 3.05) is 11.9 Å². The molecule has 0 fully saturated rings. The normalized spacial score (nSPS) is 20.7. The Balaban J connectivity index is 2.42. The van der Waals surface area contributed by atoms with Gasteiger partial charge in [-0.15, -0.1) is 0 Å². The quantitative estimate of drug-likeness (QED) is 0.736. The highest BCUT2D eigenvalue weighted by Gasteiger charge is 2.16. The van der Waals surface area contributed by atoms with Crippen LogP contribution in [0, 0.1) is 0 Å². The van der Waals surface area contributed by atoms with Crippen molar-refractivity contribution < 1.29 is 4.74 Å². The average Bonchev–Trinajstić information content (AvgIpc) is 2.04. The second-order valence-electron chi connectivity index (χ2n) is 2.97. The third-order valence-electron chi connectivity index (χ3n) is 1.85. The summed E-state index contributed by atoms with van der Waals surface area (Å²) in [6.45, 7) is 2.83. The molecule has 3 heteroatoms. The van der Waals surface area contributed by atoms with Crippen molar-refractivity contribution in [3.63, 3.8) is 0 Å². The van der Waals surface area contributed by atoms with Crippen molar-refractivity contribution in [1.29, 1.82) is 0 Å². The molecule has 0 aliphatic carbocycles. The number of nitrogens with one attached hydrogen (secondary N) is 1. The topological polar surface area (TPSA) is 21.3 Å². The summed E-state index contributed by atoms with van der Waals surface area (Å²) < 4.78 is 6.57. The second-order valence-corrected chi connectivity index (χ2v) is 3.83. The minimum atomic E-state index is 0.395. The average molecular weight is 228 g/mol. The second kappa shape index (κ2) is 2.98. The molecule has 0 amide bonds. The van der Waals surface area contributed by atoms with Gasteiger partial charge in [-0.3, -0.25) is 0 Å². The van der Waals surface area contributed by atoms with E-state index in [0.29, 0.717) is 6.04 Å². The highest BCUT2D eigenvalue weighted by molar-refractivity contribution is 9.10. The third-order valence-corrected chi connectivity index (χ3v) is 2.47. The Labute approximate surface area is 80.1 Å². The van der Waals surface area contributed by atoms with Gasteiger partial charge >= 0.3 is 0 Å². The molecule has 1 aromatic carbocycles. The molecule has 0 aromatic heterocycles. The van der Waals surface area contributed by atoms with Crippen LogP contribution < -0.4 is 10.1 Å². The lowest BCUT2D eigenvalue weighted by molar-refractivity contribution is 0.290. The standard InChI is InChI=1S/C9H10BrNO/c1-6-5-12-9-7(10)3-2-4-8(9)11-6/h2-4,6,11H,5H2,1H3. The van der Waals surface area contributed by atoms with Gasteiger partial charge in [-0.2, -0.15) is 0 Å². The summed E-state index contributed by atoms with van der Waals surface area (Å²) in [5.74, 6) is 0.926. The van der Waals surface area contributed by atoms with Gasteiger partial charge in [0, 0.05) is 0 Å². The molecule has 1 unspecified atom stereocenters. The fourth-order valence-electron chi connectivity index (χ4n) is 1.28. The van der Waals surface area contributed by atoms with Gasteiger partial charge in [0.25, 0.3) is 0 Å². The molecule has 2 nitrogen and oxygen atoms in total. The van der Waals surface area contributed by atoms with E-state index in [-0.39, 0.29) is 0 Å². The third kappa shape index (κ3) is 1.29. The molecule has 1 aliphatic heterocycles. The van der Waals surface area contributed by atoms with Crippen molar-refractivity contribution in [1.82, 2.24) is 0 Å². The first kappa shape index (κ1) is 7.92. The van der Waals surface area contributed by atoms with Gasteiger partial charge in [0.05, 0.1) is 16.2 Å². The molecule has 0 spiro atoms. The first-order valence-corrected chi connectivity index (χ1v) is 4.74. The number of halogens is 1. The largest absolute Gasteiger partial charge is 0.488 e. The van der Waals surface area contributed by atoms with Crippen LogP contribution in [-0.2, 0) is 0 Å². The Morgan fingerprint density at radius 1 is 1.58 bits per heavy atom. The van der Waals surface area contributed by atoms with Crippen LogP contribution in [0.3, 0.4) is 0 Å². The molecule has 64 valence electrons.